The molecule has 2 aromatic rings. The summed E-state index contributed by atoms with van der Waals surface area (Å²) in [5, 5.41) is 3.67. The van der Waals surface area contributed by atoms with E-state index in [0.29, 0.717) is 31.0 Å². The van der Waals surface area contributed by atoms with Crippen LogP contribution in [0.3, 0.4) is 0 Å². The number of hydrogen-bond donors (Lipinski definition) is 1. The van der Waals surface area contributed by atoms with Gasteiger partial charge in [0.15, 0.2) is 0 Å². The van der Waals surface area contributed by atoms with Crippen molar-refractivity contribution in [2.24, 2.45) is 5.92 Å². The number of aryl methyl sites for hydroxylation is 1. The Hall–Kier alpha value is -1.89. The minimum Gasteiger partial charge on any atom is -0.356 e. The topological polar surface area (TPSA) is 66.5 Å². The van der Waals surface area contributed by atoms with Crippen LogP contribution in [0.2, 0.25) is 5.02 Å². The Morgan fingerprint density at radius 3 is 2.54 bits per heavy atom. The van der Waals surface area contributed by atoms with Gasteiger partial charge < -0.3 is 5.32 Å². The number of benzene rings is 2. The summed E-state index contributed by atoms with van der Waals surface area (Å²) in [5.41, 5.74) is 1.18. The molecule has 0 spiro atoms. The molecule has 1 saturated heterocycles. The van der Waals surface area contributed by atoms with E-state index < -0.39 is 10.0 Å². The minimum absolute atomic E-state index is 0.0657. The smallest absolute Gasteiger partial charge is 0.243 e. The number of piperidine rings is 1. The molecule has 0 bridgehead atoms. The number of carbonyl (C=O) groups is 1. The van der Waals surface area contributed by atoms with Crippen LogP contribution in [-0.2, 0) is 21.2 Å². The fourth-order valence-electron chi connectivity index (χ4n) is 3.42. The van der Waals surface area contributed by atoms with Gasteiger partial charge in [0.1, 0.15) is 0 Å². The third kappa shape index (κ3) is 5.34. The van der Waals surface area contributed by atoms with Crippen molar-refractivity contribution in [3.63, 3.8) is 0 Å². The monoisotopic (exact) mass is 420 g/mol. The van der Waals surface area contributed by atoms with Gasteiger partial charge in [-0.05, 0) is 55.5 Å². The fraction of sp³-hybridized carbons (Fsp3) is 0.381. The zero-order valence-electron chi connectivity index (χ0n) is 15.7. The zero-order valence-corrected chi connectivity index (χ0v) is 17.3. The van der Waals surface area contributed by atoms with E-state index >= 15 is 0 Å². The summed E-state index contributed by atoms with van der Waals surface area (Å²) in [6.07, 6.45) is 3.08. The number of halogens is 1. The second kappa shape index (κ2) is 9.54. The van der Waals surface area contributed by atoms with Gasteiger partial charge in [0.05, 0.1) is 10.8 Å². The van der Waals surface area contributed by atoms with Gasteiger partial charge in [-0.1, -0.05) is 41.9 Å². The Labute approximate surface area is 171 Å². The summed E-state index contributed by atoms with van der Waals surface area (Å²) < 4.78 is 27.0. The first-order chi connectivity index (χ1) is 13.5. The number of rotatable bonds is 7. The summed E-state index contributed by atoms with van der Waals surface area (Å²) in [7, 11) is -3.55. The molecule has 3 rings (SSSR count). The van der Waals surface area contributed by atoms with E-state index in [0.717, 1.165) is 12.8 Å². The van der Waals surface area contributed by atoms with Gasteiger partial charge in [0.25, 0.3) is 0 Å². The summed E-state index contributed by atoms with van der Waals surface area (Å²) in [6, 6.07) is 16.1. The number of nitrogens with one attached hydrogen (secondary N) is 1. The molecule has 1 aliphatic rings. The van der Waals surface area contributed by atoms with Crippen LogP contribution in [0.25, 0.3) is 0 Å². The predicted octanol–water partition coefficient (Wildman–Crippen LogP) is 3.49. The molecule has 0 saturated carbocycles. The maximum atomic E-state index is 12.8. The SMILES string of the molecule is O=C(NCCCc1ccc(Cl)cc1)[C@H]1CCCN(S(=O)(=O)c2ccccc2)C1. The second-order valence-electron chi connectivity index (χ2n) is 7.04. The van der Waals surface area contributed by atoms with E-state index in [9.17, 15) is 13.2 Å². The van der Waals surface area contributed by atoms with Crippen molar-refractivity contribution in [1.82, 2.24) is 9.62 Å². The molecule has 0 aromatic heterocycles. The predicted molar refractivity (Wildman–Crippen MR) is 111 cm³/mol. The molecule has 28 heavy (non-hydrogen) atoms. The molecule has 2 aromatic carbocycles. The molecule has 1 atom stereocenters. The van der Waals surface area contributed by atoms with Crippen LogP contribution < -0.4 is 5.32 Å². The van der Waals surface area contributed by atoms with Crippen LogP contribution in [-0.4, -0.2) is 38.3 Å². The van der Waals surface area contributed by atoms with Crippen LogP contribution in [0.5, 0.6) is 0 Å². The van der Waals surface area contributed by atoms with E-state index in [4.69, 9.17) is 11.6 Å². The number of sulfonamides is 1. The highest BCUT2D eigenvalue weighted by atomic mass is 35.5. The van der Waals surface area contributed by atoms with E-state index in [2.05, 4.69) is 5.32 Å². The average Bonchev–Trinajstić information content (AvgIpc) is 2.73. The highest BCUT2D eigenvalue weighted by molar-refractivity contribution is 7.89. The molecule has 7 heteroatoms. The Morgan fingerprint density at radius 1 is 1.11 bits per heavy atom. The second-order valence-corrected chi connectivity index (χ2v) is 9.41. The van der Waals surface area contributed by atoms with Gasteiger partial charge in [0, 0.05) is 24.7 Å². The Balaban J connectivity index is 1.49. The van der Waals surface area contributed by atoms with Crippen molar-refractivity contribution >= 4 is 27.5 Å². The van der Waals surface area contributed by atoms with E-state index in [-0.39, 0.29) is 23.3 Å². The lowest BCUT2D eigenvalue weighted by molar-refractivity contribution is -0.126. The van der Waals surface area contributed by atoms with Crippen LogP contribution in [0.1, 0.15) is 24.8 Å². The summed E-state index contributed by atoms with van der Waals surface area (Å²) >= 11 is 5.88. The Morgan fingerprint density at radius 2 is 1.82 bits per heavy atom. The highest BCUT2D eigenvalue weighted by Crippen LogP contribution is 2.23. The lowest BCUT2D eigenvalue weighted by atomic mass is 9.99. The van der Waals surface area contributed by atoms with E-state index in [1.807, 2.05) is 24.3 Å². The molecule has 0 radical (unpaired) electrons. The maximum Gasteiger partial charge on any atom is 0.243 e. The summed E-state index contributed by atoms with van der Waals surface area (Å²) in [4.78, 5) is 12.8. The average molecular weight is 421 g/mol. The highest BCUT2D eigenvalue weighted by Gasteiger charge is 2.33. The number of nitrogens with zero attached hydrogens (tertiary/aromatic N) is 1. The molecule has 0 aliphatic carbocycles. The first kappa shape index (κ1) is 20.8. The van der Waals surface area contributed by atoms with Crippen molar-refractivity contribution in [1.29, 1.82) is 0 Å². The molecule has 1 amide bonds. The van der Waals surface area contributed by atoms with Gasteiger partial charge in [0.2, 0.25) is 15.9 Å². The van der Waals surface area contributed by atoms with Gasteiger partial charge in [-0.2, -0.15) is 4.31 Å². The van der Waals surface area contributed by atoms with Crippen molar-refractivity contribution in [2.75, 3.05) is 19.6 Å². The maximum absolute atomic E-state index is 12.8. The molecular formula is C21H25ClN2O3S. The fourth-order valence-corrected chi connectivity index (χ4v) is 5.09. The summed E-state index contributed by atoms with van der Waals surface area (Å²) in [6.45, 7) is 1.27. The number of hydrogen-bond acceptors (Lipinski definition) is 3. The summed E-state index contributed by atoms with van der Waals surface area (Å²) in [5.74, 6) is -0.369. The third-order valence-electron chi connectivity index (χ3n) is 4.99. The molecule has 1 heterocycles. The molecule has 1 fully saturated rings. The molecule has 5 nitrogen and oxygen atoms in total. The largest absolute Gasteiger partial charge is 0.356 e. The van der Waals surface area contributed by atoms with Crippen LogP contribution in [0, 0.1) is 5.92 Å². The van der Waals surface area contributed by atoms with Crippen molar-refractivity contribution < 1.29 is 13.2 Å². The van der Waals surface area contributed by atoms with Crippen molar-refractivity contribution in [2.45, 2.75) is 30.6 Å². The molecule has 1 aliphatic heterocycles. The molecule has 150 valence electrons. The molecule has 1 N–H and O–H groups in total. The normalized spacial score (nSPS) is 18.0. The van der Waals surface area contributed by atoms with Gasteiger partial charge in [-0.15, -0.1) is 0 Å². The van der Waals surface area contributed by atoms with Crippen LogP contribution >= 0.6 is 11.6 Å². The van der Waals surface area contributed by atoms with Crippen molar-refractivity contribution in [3.8, 4) is 0 Å². The van der Waals surface area contributed by atoms with Crippen LogP contribution in [0.4, 0.5) is 0 Å². The minimum atomic E-state index is -3.55. The zero-order chi connectivity index (χ0) is 20.0. The van der Waals surface area contributed by atoms with Crippen LogP contribution in [0.15, 0.2) is 59.5 Å². The first-order valence-electron chi connectivity index (χ1n) is 9.54. The van der Waals surface area contributed by atoms with E-state index in [1.54, 1.807) is 30.3 Å². The van der Waals surface area contributed by atoms with Crippen molar-refractivity contribution in [3.05, 3.63) is 65.2 Å². The number of amides is 1. The Kier molecular flexibility index (Phi) is 7.10. The standard InChI is InChI=1S/C21H25ClN2O3S/c22-19-12-10-17(11-13-19)6-4-14-23-21(25)18-7-5-15-24(16-18)28(26,27)20-8-2-1-3-9-20/h1-3,8-13,18H,4-7,14-16H2,(H,23,25)/t18-/m0/s1. The quantitative estimate of drug-likeness (QED) is 0.697. The molecule has 0 unspecified atom stereocenters. The first-order valence-corrected chi connectivity index (χ1v) is 11.4. The number of carbonyl (C=O) groups excluding carboxylic acids is 1. The van der Waals surface area contributed by atoms with Gasteiger partial charge >= 0.3 is 0 Å². The molecular weight excluding hydrogens is 396 g/mol. The Bertz CT molecular complexity index is 886. The third-order valence-corrected chi connectivity index (χ3v) is 7.12. The van der Waals surface area contributed by atoms with Gasteiger partial charge in [-0.25, -0.2) is 8.42 Å². The van der Waals surface area contributed by atoms with Gasteiger partial charge in [-0.3, -0.25) is 4.79 Å². The van der Waals surface area contributed by atoms with E-state index in [1.165, 1.54) is 9.87 Å². The lowest BCUT2D eigenvalue weighted by Crippen LogP contribution is -2.45. The lowest BCUT2D eigenvalue weighted by Gasteiger charge is -2.31.